The van der Waals surface area contributed by atoms with Gasteiger partial charge in [0.2, 0.25) is 5.91 Å². The van der Waals surface area contributed by atoms with Gasteiger partial charge in [0.05, 0.1) is 0 Å². The van der Waals surface area contributed by atoms with Crippen molar-refractivity contribution >= 4 is 23.6 Å². The first kappa shape index (κ1) is 18.7. The second-order valence-electron chi connectivity index (χ2n) is 6.26. The number of Topliss-reactive ketones (excluding diaryl/α,β-unsaturated/α-hetero) is 1. The highest BCUT2D eigenvalue weighted by Crippen LogP contribution is 2.20. The van der Waals surface area contributed by atoms with E-state index in [1.807, 2.05) is 0 Å². The Labute approximate surface area is 145 Å². The van der Waals surface area contributed by atoms with Crippen molar-refractivity contribution < 1.29 is 23.9 Å². The van der Waals surface area contributed by atoms with Crippen LogP contribution in [-0.2, 0) is 14.3 Å². The number of carbonyl (C=O) groups excluding carboxylic acids is 4. The number of nitrogens with two attached hydrogens (primary N) is 1. The first-order valence-electron chi connectivity index (χ1n) is 8.20. The largest absolute Gasteiger partial charge is 0.451 e. The SMILES string of the molecule is CC(=O)c1c(C)[nH]c(C(=O)OCC(=O)N2CCCC[C@@H]2C(N)=O)c1C. The maximum absolute atomic E-state index is 12.3. The molecular weight excluding hydrogens is 326 g/mol. The molecule has 0 saturated carbocycles. The maximum atomic E-state index is 12.3. The lowest BCUT2D eigenvalue weighted by atomic mass is 10.0. The Kier molecular flexibility index (Phi) is 5.61. The monoisotopic (exact) mass is 349 g/mol. The fourth-order valence-corrected chi connectivity index (χ4v) is 3.29. The third-order valence-corrected chi connectivity index (χ3v) is 4.47. The summed E-state index contributed by atoms with van der Waals surface area (Å²) in [5.74, 6) is -1.88. The molecule has 1 aromatic heterocycles. The van der Waals surface area contributed by atoms with Gasteiger partial charge in [-0.2, -0.15) is 0 Å². The van der Waals surface area contributed by atoms with E-state index in [9.17, 15) is 19.2 Å². The zero-order chi connectivity index (χ0) is 18.7. The molecule has 3 N–H and O–H groups in total. The highest BCUT2D eigenvalue weighted by Gasteiger charge is 2.31. The van der Waals surface area contributed by atoms with Crippen molar-refractivity contribution in [1.82, 2.24) is 9.88 Å². The summed E-state index contributed by atoms with van der Waals surface area (Å²) in [6.45, 7) is 4.69. The van der Waals surface area contributed by atoms with E-state index in [0.29, 0.717) is 29.8 Å². The van der Waals surface area contributed by atoms with Gasteiger partial charge in [0.1, 0.15) is 11.7 Å². The van der Waals surface area contributed by atoms with Crippen molar-refractivity contribution in [2.75, 3.05) is 13.2 Å². The molecule has 1 fully saturated rings. The summed E-state index contributed by atoms with van der Waals surface area (Å²) < 4.78 is 5.08. The van der Waals surface area contributed by atoms with E-state index in [0.717, 1.165) is 12.8 Å². The molecule has 1 saturated heterocycles. The van der Waals surface area contributed by atoms with Crippen molar-refractivity contribution in [2.24, 2.45) is 5.73 Å². The number of hydrogen-bond acceptors (Lipinski definition) is 5. The lowest BCUT2D eigenvalue weighted by Gasteiger charge is -2.33. The molecule has 2 rings (SSSR count). The van der Waals surface area contributed by atoms with E-state index in [-0.39, 0.29) is 11.5 Å². The fourth-order valence-electron chi connectivity index (χ4n) is 3.29. The van der Waals surface area contributed by atoms with E-state index in [1.54, 1.807) is 13.8 Å². The summed E-state index contributed by atoms with van der Waals surface area (Å²) >= 11 is 0. The highest BCUT2D eigenvalue weighted by molar-refractivity contribution is 6.01. The predicted molar refractivity (Wildman–Crippen MR) is 89.1 cm³/mol. The predicted octanol–water partition coefficient (Wildman–Crippen LogP) is 0.857. The van der Waals surface area contributed by atoms with Gasteiger partial charge < -0.3 is 20.4 Å². The summed E-state index contributed by atoms with van der Waals surface area (Å²) in [6, 6.07) is -0.654. The maximum Gasteiger partial charge on any atom is 0.355 e. The quantitative estimate of drug-likeness (QED) is 0.603. The number of rotatable bonds is 5. The third kappa shape index (κ3) is 3.89. The molecular formula is C17H23N3O5. The molecule has 1 aliphatic heterocycles. The molecule has 0 spiro atoms. The topological polar surface area (TPSA) is 123 Å². The van der Waals surface area contributed by atoms with Crippen molar-refractivity contribution in [3.05, 3.63) is 22.5 Å². The number of amides is 2. The average Bonchev–Trinajstić information content (AvgIpc) is 2.86. The second kappa shape index (κ2) is 7.50. The summed E-state index contributed by atoms with van der Waals surface area (Å²) in [4.78, 5) is 51.8. The number of nitrogens with zero attached hydrogens (tertiary/aromatic N) is 1. The molecule has 8 nitrogen and oxygen atoms in total. The van der Waals surface area contributed by atoms with E-state index < -0.39 is 30.4 Å². The van der Waals surface area contributed by atoms with Gasteiger partial charge in [0.25, 0.3) is 5.91 Å². The van der Waals surface area contributed by atoms with Gasteiger partial charge in [-0.3, -0.25) is 14.4 Å². The van der Waals surface area contributed by atoms with Crippen LogP contribution in [0.4, 0.5) is 0 Å². The van der Waals surface area contributed by atoms with Gasteiger partial charge >= 0.3 is 5.97 Å². The summed E-state index contributed by atoms with van der Waals surface area (Å²) in [5.41, 5.74) is 7.01. The van der Waals surface area contributed by atoms with Gasteiger partial charge in [-0.05, 0) is 45.6 Å². The minimum absolute atomic E-state index is 0.153. The van der Waals surface area contributed by atoms with Gasteiger partial charge in [-0.15, -0.1) is 0 Å². The number of primary amides is 1. The van der Waals surface area contributed by atoms with Gasteiger partial charge in [0, 0.05) is 17.8 Å². The lowest BCUT2D eigenvalue weighted by Crippen LogP contribution is -2.51. The Morgan fingerprint density at radius 2 is 1.92 bits per heavy atom. The number of hydrogen-bond donors (Lipinski definition) is 2. The molecule has 0 aromatic carbocycles. The Morgan fingerprint density at radius 3 is 2.48 bits per heavy atom. The second-order valence-corrected chi connectivity index (χ2v) is 6.26. The first-order chi connectivity index (χ1) is 11.7. The number of aromatic nitrogens is 1. The first-order valence-corrected chi connectivity index (χ1v) is 8.20. The molecule has 0 unspecified atom stereocenters. The third-order valence-electron chi connectivity index (χ3n) is 4.47. The minimum atomic E-state index is -0.714. The Bertz CT molecular complexity index is 722. The Hall–Kier alpha value is -2.64. The number of carbonyl (C=O) groups is 4. The van der Waals surface area contributed by atoms with Crippen LogP contribution in [0.15, 0.2) is 0 Å². The Morgan fingerprint density at radius 1 is 1.24 bits per heavy atom. The molecule has 1 atom stereocenters. The molecule has 0 bridgehead atoms. The summed E-state index contributed by atoms with van der Waals surface area (Å²) in [6.07, 6.45) is 2.12. The van der Waals surface area contributed by atoms with E-state index in [2.05, 4.69) is 4.98 Å². The number of nitrogens with one attached hydrogen (secondary N) is 1. The summed E-state index contributed by atoms with van der Waals surface area (Å²) in [5, 5.41) is 0. The lowest BCUT2D eigenvalue weighted by molar-refractivity contribution is -0.143. The average molecular weight is 349 g/mol. The van der Waals surface area contributed by atoms with Crippen LogP contribution in [-0.4, -0.2) is 52.6 Å². The van der Waals surface area contributed by atoms with Crippen LogP contribution in [0.3, 0.4) is 0 Å². The molecule has 1 aromatic rings. The van der Waals surface area contributed by atoms with Crippen LogP contribution in [0.2, 0.25) is 0 Å². The zero-order valence-electron chi connectivity index (χ0n) is 14.7. The molecule has 136 valence electrons. The van der Waals surface area contributed by atoms with Gasteiger partial charge in [-0.1, -0.05) is 0 Å². The highest BCUT2D eigenvalue weighted by atomic mass is 16.5. The van der Waals surface area contributed by atoms with Crippen LogP contribution in [0.5, 0.6) is 0 Å². The molecule has 0 aliphatic carbocycles. The number of aryl methyl sites for hydroxylation is 1. The van der Waals surface area contributed by atoms with Gasteiger partial charge in [0.15, 0.2) is 12.4 Å². The number of esters is 1. The van der Waals surface area contributed by atoms with Crippen LogP contribution in [0.1, 0.15) is 58.3 Å². The molecule has 8 heteroatoms. The van der Waals surface area contributed by atoms with E-state index >= 15 is 0 Å². The van der Waals surface area contributed by atoms with E-state index in [4.69, 9.17) is 10.5 Å². The summed E-state index contributed by atoms with van der Waals surface area (Å²) in [7, 11) is 0. The molecule has 1 aliphatic rings. The number of likely N-dealkylation sites (tertiary alicyclic amines) is 1. The smallest absolute Gasteiger partial charge is 0.355 e. The zero-order valence-corrected chi connectivity index (χ0v) is 14.7. The van der Waals surface area contributed by atoms with Crippen LogP contribution in [0, 0.1) is 13.8 Å². The van der Waals surface area contributed by atoms with Crippen molar-refractivity contribution in [3.8, 4) is 0 Å². The van der Waals surface area contributed by atoms with Crippen LogP contribution in [0.25, 0.3) is 0 Å². The molecule has 2 heterocycles. The number of H-pyrrole nitrogens is 1. The molecule has 0 radical (unpaired) electrons. The molecule has 2 amide bonds. The van der Waals surface area contributed by atoms with Crippen molar-refractivity contribution in [1.29, 1.82) is 0 Å². The van der Waals surface area contributed by atoms with Crippen LogP contribution < -0.4 is 5.73 Å². The molecule has 25 heavy (non-hydrogen) atoms. The van der Waals surface area contributed by atoms with Crippen molar-refractivity contribution in [3.63, 3.8) is 0 Å². The number of piperidine rings is 1. The Balaban J connectivity index is 2.04. The number of aromatic amines is 1. The standard InChI is InChI=1S/C17H23N3O5/c1-9-14(11(3)21)10(2)19-15(9)17(24)25-8-13(22)20-7-5-4-6-12(20)16(18)23/h12,19H,4-8H2,1-3H3,(H2,18,23)/t12-/m1/s1. The fraction of sp³-hybridized carbons (Fsp3) is 0.529. The van der Waals surface area contributed by atoms with Gasteiger partial charge in [-0.25, -0.2) is 4.79 Å². The number of ether oxygens (including phenoxy) is 1. The minimum Gasteiger partial charge on any atom is -0.451 e. The van der Waals surface area contributed by atoms with Crippen LogP contribution >= 0.6 is 0 Å². The van der Waals surface area contributed by atoms with E-state index in [1.165, 1.54) is 11.8 Å². The number of ketones is 1. The van der Waals surface area contributed by atoms with Crippen molar-refractivity contribution in [2.45, 2.75) is 46.1 Å². The normalized spacial score (nSPS) is 17.2.